The molecule has 0 bridgehead atoms. The van der Waals surface area contributed by atoms with Crippen molar-refractivity contribution in [2.24, 2.45) is 0 Å². The number of hydrogen-bond donors (Lipinski definition) is 2. The zero-order valence-corrected chi connectivity index (χ0v) is 20.6. The highest BCUT2D eigenvalue weighted by Crippen LogP contribution is 2.30. The van der Waals surface area contributed by atoms with Crippen molar-refractivity contribution < 1.29 is 0 Å². The second-order valence-electron chi connectivity index (χ2n) is 9.03. The van der Waals surface area contributed by atoms with E-state index in [1.807, 2.05) is 30.3 Å². The van der Waals surface area contributed by atoms with Gasteiger partial charge in [-0.15, -0.1) is 5.10 Å². The number of nitrogens with two attached hydrogens (primary N) is 1. The van der Waals surface area contributed by atoms with Gasteiger partial charge < -0.3 is 5.73 Å². The van der Waals surface area contributed by atoms with E-state index in [9.17, 15) is 0 Å². The number of tetrazole rings is 1. The minimum absolute atomic E-state index is 0.107. The quantitative estimate of drug-likeness (QED) is 0.280. The Morgan fingerprint density at radius 2 is 1.69 bits per heavy atom. The second-order valence-corrected chi connectivity index (χ2v) is 9.03. The summed E-state index contributed by atoms with van der Waals surface area (Å²) < 4.78 is 2.05. The van der Waals surface area contributed by atoms with Gasteiger partial charge in [-0.25, -0.2) is 14.8 Å². The molecule has 8 nitrogen and oxygen atoms in total. The number of aromatic amines is 1. The molecular formula is C28H30N8. The largest absolute Gasteiger partial charge is 0.399 e. The van der Waals surface area contributed by atoms with Crippen LogP contribution in [-0.4, -0.2) is 35.4 Å². The number of nitrogen functional groups attached to an aromatic ring is 1. The van der Waals surface area contributed by atoms with E-state index in [1.165, 1.54) is 5.56 Å². The van der Waals surface area contributed by atoms with Crippen molar-refractivity contribution >= 4 is 5.69 Å². The van der Waals surface area contributed by atoms with Crippen LogP contribution in [0.25, 0.3) is 22.5 Å². The molecule has 8 heteroatoms. The number of aromatic nitrogens is 7. The molecule has 0 aliphatic carbocycles. The fourth-order valence-corrected chi connectivity index (χ4v) is 4.39. The van der Waals surface area contributed by atoms with Gasteiger partial charge in [0.15, 0.2) is 11.6 Å². The molecule has 0 amide bonds. The van der Waals surface area contributed by atoms with E-state index in [2.05, 4.69) is 81.6 Å². The summed E-state index contributed by atoms with van der Waals surface area (Å²) in [6.45, 7) is 5.02. The van der Waals surface area contributed by atoms with Gasteiger partial charge in [0.05, 0.1) is 6.54 Å². The minimum atomic E-state index is 0.107. The van der Waals surface area contributed by atoms with Gasteiger partial charge in [-0.2, -0.15) is 5.10 Å². The lowest BCUT2D eigenvalue weighted by atomic mass is 9.98. The van der Waals surface area contributed by atoms with Crippen LogP contribution in [0.3, 0.4) is 0 Å². The highest BCUT2D eigenvalue weighted by atomic mass is 15.5. The normalized spacial score (nSPS) is 12.1. The Labute approximate surface area is 210 Å². The molecule has 3 aromatic carbocycles. The molecule has 36 heavy (non-hydrogen) atoms. The Balaban J connectivity index is 1.42. The van der Waals surface area contributed by atoms with E-state index in [0.29, 0.717) is 12.4 Å². The van der Waals surface area contributed by atoms with Gasteiger partial charge in [0, 0.05) is 23.6 Å². The highest BCUT2D eigenvalue weighted by Gasteiger charge is 2.19. The Morgan fingerprint density at radius 3 is 2.39 bits per heavy atom. The summed E-state index contributed by atoms with van der Waals surface area (Å²) >= 11 is 0. The third-order valence-corrected chi connectivity index (χ3v) is 6.45. The van der Waals surface area contributed by atoms with Crippen LogP contribution in [0.2, 0.25) is 0 Å². The fourth-order valence-electron chi connectivity index (χ4n) is 4.39. The van der Waals surface area contributed by atoms with E-state index >= 15 is 0 Å². The summed E-state index contributed by atoms with van der Waals surface area (Å²) in [6.07, 6.45) is 3.08. The second kappa shape index (κ2) is 10.5. The number of H-pyrrole nitrogens is 1. The van der Waals surface area contributed by atoms with Gasteiger partial charge in [0.2, 0.25) is 0 Å². The maximum Gasteiger partial charge on any atom is 0.180 e. The molecule has 0 aliphatic heterocycles. The number of aryl methyl sites for hydroxylation is 1. The monoisotopic (exact) mass is 478 g/mol. The van der Waals surface area contributed by atoms with Crippen molar-refractivity contribution in [1.82, 2.24) is 35.4 Å². The molecule has 182 valence electrons. The number of rotatable bonds is 9. The van der Waals surface area contributed by atoms with Crippen molar-refractivity contribution in [3.8, 4) is 22.5 Å². The van der Waals surface area contributed by atoms with E-state index in [1.54, 1.807) is 0 Å². The summed E-state index contributed by atoms with van der Waals surface area (Å²) in [5.41, 5.74) is 12.1. The zero-order valence-electron chi connectivity index (χ0n) is 20.6. The smallest absolute Gasteiger partial charge is 0.180 e. The Kier molecular flexibility index (Phi) is 6.84. The molecular weight excluding hydrogens is 448 g/mol. The summed E-state index contributed by atoms with van der Waals surface area (Å²) in [5.74, 6) is 2.63. The molecule has 1 unspecified atom stereocenters. The highest BCUT2D eigenvalue weighted by molar-refractivity contribution is 5.80. The Hall–Kier alpha value is -4.33. The summed E-state index contributed by atoms with van der Waals surface area (Å²) in [6, 6.07) is 24.7. The Bertz CT molecular complexity index is 1400. The minimum Gasteiger partial charge on any atom is -0.399 e. The van der Waals surface area contributed by atoms with Gasteiger partial charge in [-0.1, -0.05) is 80.9 Å². The van der Waals surface area contributed by atoms with Crippen LogP contribution in [-0.2, 0) is 13.0 Å². The molecule has 0 radical (unpaired) electrons. The molecule has 3 N–H and O–H groups in total. The maximum atomic E-state index is 5.90. The summed E-state index contributed by atoms with van der Waals surface area (Å²) in [7, 11) is 0. The van der Waals surface area contributed by atoms with E-state index in [-0.39, 0.29) is 5.92 Å². The lowest BCUT2D eigenvalue weighted by Crippen LogP contribution is -2.11. The first-order valence-electron chi connectivity index (χ1n) is 12.3. The zero-order chi connectivity index (χ0) is 24.9. The predicted octanol–water partition coefficient (Wildman–Crippen LogP) is 5.25. The van der Waals surface area contributed by atoms with Crippen LogP contribution in [0.5, 0.6) is 0 Å². The number of anilines is 1. The molecule has 2 aromatic heterocycles. The van der Waals surface area contributed by atoms with Crippen LogP contribution in [0.15, 0.2) is 72.8 Å². The topological polar surface area (TPSA) is 111 Å². The SMILES string of the molecule is CCCCc1nc(C(C)c2ccc(N)cc2)n(Cc2ccc(-c3ccccc3-c3nnn[nH]3)cc2)n1. The summed E-state index contributed by atoms with van der Waals surface area (Å²) in [4.78, 5) is 4.95. The number of benzene rings is 3. The molecule has 2 heterocycles. The standard InChI is InChI=1S/C28H30N8/c1-3-4-9-26-30-28(19(2)21-14-16-23(29)17-15-21)36(33-26)18-20-10-12-22(13-11-20)24-7-5-6-8-25(24)27-31-34-35-32-27/h5-8,10-17,19H,3-4,9,18,29H2,1-2H3,(H,31,32,34,35). The van der Waals surface area contributed by atoms with Crippen LogP contribution in [0.1, 0.15) is 55.4 Å². The van der Waals surface area contributed by atoms with Crippen LogP contribution in [0, 0.1) is 0 Å². The lowest BCUT2D eigenvalue weighted by Gasteiger charge is -2.14. The van der Waals surface area contributed by atoms with Crippen molar-refractivity contribution in [2.45, 2.75) is 45.6 Å². The van der Waals surface area contributed by atoms with E-state index in [0.717, 1.165) is 58.9 Å². The predicted molar refractivity (Wildman–Crippen MR) is 141 cm³/mol. The van der Waals surface area contributed by atoms with Crippen LogP contribution < -0.4 is 5.73 Å². The van der Waals surface area contributed by atoms with Gasteiger partial charge >= 0.3 is 0 Å². The average molecular weight is 479 g/mol. The van der Waals surface area contributed by atoms with Gasteiger partial charge in [-0.05, 0) is 51.2 Å². The Morgan fingerprint density at radius 1 is 0.944 bits per heavy atom. The first kappa shape index (κ1) is 23.4. The number of nitrogens with zero attached hydrogens (tertiary/aromatic N) is 6. The van der Waals surface area contributed by atoms with Crippen molar-refractivity contribution in [3.05, 3.63) is 95.6 Å². The van der Waals surface area contributed by atoms with Crippen LogP contribution >= 0.6 is 0 Å². The average Bonchev–Trinajstić information content (AvgIpc) is 3.59. The third-order valence-electron chi connectivity index (χ3n) is 6.45. The first-order valence-corrected chi connectivity index (χ1v) is 12.3. The van der Waals surface area contributed by atoms with Crippen molar-refractivity contribution in [2.75, 3.05) is 5.73 Å². The lowest BCUT2D eigenvalue weighted by molar-refractivity contribution is 0.612. The molecule has 0 spiro atoms. The molecule has 0 aliphatic rings. The molecule has 0 saturated carbocycles. The van der Waals surface area contributed by atoms with Crippen molar-refractivity contribution in [3.63, 3.8) is 0 Å². The first-order chi connectivity index (χ1) is 17.6. The molecule has 5 aromatic rings. The molecule has 5 rings (SSSR count). The number of nitrogens with one attached hydrogen (secondary N) is 1. The summed E-state index contributed by atoms with van der Waals surface area (Å²) in [5, 5.41) is 19.3. The van der Waals surface area contributed by atoms with E-state index < -0.39 is 0 Å². The van der Waals surface area contributed by atoms with Gasteiger partial charge in [0.1, 0.15) is 5.82 Å². The molecule has 0 fully saturated rings. The fraction of sp³-hybridized carbons (Fsp3) is 0.250. The van der Waals surface area contributed by atoms with E-state index in [4.69, 9.17) is 15.8 Å². The van der Waals surface area contributed by atoms with Crippen molar-refractivity contribution in [1.29, 1.82) is 0 Å². The molecule has 0 saturated heterocycles. The maximum absolute atomic E-state index is 5.90. The number of unbranched alkanes of at least 4 members (excludes halogenated alkanes) is 1. The third kappa shape index (κ3) is 5.02. The van der Waals surface area contributed by atoms with Gasteiger partial charge in [0.25, 0.3) is 0 Å². The van der Waals surface area contributed by atoms with Gasteiger partial charge in [-0.3, -0.25) is 0 Å². The molecule has 1 atom stereocenters. The van der Waals surface area contributed by atoms with Crippen LogP contribution in [0.4, 0.5) is 5.69 Å². The number of hydrogen-bond acceptors (Lipinski definition) is 6.